The summed E-state index contributed by atoms with van der Waals surface area (Å²) in [5.41, 5.74) is 1.19. The summed E-state index contributed by atoms with van der Waals surface area (Å²) in [6, 6.07) is 14.1. The molecule has 6 heteroatoms. The summed E-state index contributed by atoms with van der Waals surface area (Å²) < 4.78 is 5.37. The number of rotatable bonds is 6. The van der Waals surface area contributed by atoms with Crippen molar-refractivity contribution in [3.05, 3.63) is 48.0 Å². The van der Waals surface area contributed by atoms with Crippen molar-refractivity contribution in [1.82, 2.24) is 15.5 Å². The number of amides is 2. The average Bonchev–Trinajstić information content (AvgIpc) is 2.76. The molecular weight excluding hydrogens is 366 g/mol. The summed E-state index contributed by atoms with van der Waals surface area (Å²) in [4.78, 5) is 27.2. The lowest BCUT2D eigenvalue weighted by Crippen LogP contribution is -2.56. The number of carbonyl (C=O) groups is 2. The van der Waals surface area contributed by atoms with Crippen LogP contribution < -0.4 is 10.6 Å². The molecule has 2 saturated heterocycles. The van der Waals surface area contributed by atoms with Crippen LogP contribution in [0.15, 0.2) is 42.5 Å². The lowest BCUT2D eigenvalue weighted by atomic mass is 10.00. The number of nitrogens with one attached hydrogen (secondary N) is 2. The van der Waals surface area contributed by atoms with Crippen molar-refractivity contribution < 1.29 is 14.3 Å². The summed E-state index contributed by atoms with van der Waals surface area (Å²) in [7, 11) is 0. The number of benzene rings is 2. The highest BCUT2D eigenvalue weighted by atomic mass is 16.5. The first-order valence-electron chi connectivity index (χ1n) is 10.5. The Morgan fingerprint density at radius 2 is 1.93 bits per heavy atom. The van der Waals surface area contributed by atoms with Crippen molar-refractivity contribution in [2.24, 2.45) is 5.92 Å². The van der Waals surface area contributed by atoms with Crippen LogP contribution in [0.4, 0.5) is 0 Å². The molecule has 1 atom stereocenters. The molecule has 2 N–H and O–H groups in total. The van der Waals surface area contributed by atoms with Gasteiger partial charge in [0.15, 0.2) is 0 Å². The third kappa shape index (κ3) is 4.95. The van der Waals surface area contributed by atoms with Gasteiger partial charge in [-0.3, -0.25) is 14.5 Å². The Morgan fingerprint density at radius 1 is 1.14 bits per heavy atom. The molecular formula is C23H29N3O3. The van der Waals surface area contributed by atoms with Gasteiger partial charge >= 0.3 is 0 Å². The van der Waals surface area contributed by atoms with Gasteiger partial charge in [0.1, 0.15) is 0 Å². The number of carbonyl (C=O) groups excluding carboxylic acids is 2. The van der Waals surface area contributed by atoms with Crippen LogP contribution in [0.5, 0.6) is 0 Å². The van der Waals surface area contributed by atoms with Crippen molar-refractivity contribution in [1.29, 1.82) is 0 Å². The third-order valence-corrected chi connectivity index (χ3v) is 6.00. The van der Waals surface area contributed by atoms with Crippen LogP contribution >= 0.6 is 0 Å². The molecule has 0 aliphatic carbocycles. The van der Waals surface area contributed by atoms with Crippen LogP contribution in [-0.4, -0.2) is 55.6 Å². The number of nitrogens with zero attached hydrogens (tertiary/aromatic N) is 1. The Morgan fingerprint density at radius 3 is 2.79 bits per heavy atom. The molecule has 154 valence electrons. The van der Waals surface area contributed by atoms with Crippen molar-refractivity contribution in [3.63, 3.8) is 0 Å². The maximum absolute atomic E-state index is 12.6. The van der Waals surface area contributed by atoms with Crippen LogP contribution in [0, 0.1) is 5.92 Å². The van der Waals surface area contributed by atoms with E-state index in [9.17, 15) is 9.59 Å². The number of hydrogen-bond acceptors (Lipinski definition) is 4. The first kappa shape index (κ1) is 19.9. The molecule has 2 heterocycles. The quantitative estimate of drug-likeness (QED) is 0.786. The zero-order valence-corrected chi connectivity index (χ0v) is 16.7. The zero-order chi connectivity index (χ0) is 20.1. The van der Waals surface area contributed by atoms with Gasteiger partial charge < -0.3 is 15.4 Å². The van der Waals surface area contributed by atoms with Gasteiger partial charge in [-0.2, -0.15) is 0 Å². The van der Waals surface area contributed by atoms with Crippen molar-refractivity contribution in [2.45, 2.75) is 31.8 Å². The zero-order valence-electron chi connectivity index (χ0n) is 16.7. The van der Waals surface area contributed by atoms with Gasteiger partial charge in [0.25, 0.3) is 0 Å². The monoisotopic (exact) mass is 395 g/mol. The van der Waals surface area contributed by atoms with Crippen LogP contribution in [-0.2, 0) is 20.9 Å². The van der Waals surface area contributed by atoms with Gasteiger partial charge in [-0.15, -0.1) is 0 Å². The molecule has 0 radical (unpaired) electrons. The third-order valence-electron chi connectivity index (χ3n) is 6.00. The van der Waals surface area contributed by atoms with E-state index in [1.54, 1.807) is 0 Å². The predicted octanol–water partition coefficient (Wildman–Crippen LogP) is 2.07. The Balaban J connectivity index is 1.41. The average molecular weight is 396 g/mol. The lowest BCUT2D eigenvalue weighted by Gasteiger charge is -2.35. The van der Waals surface area contributed by atoms with E-state index in [1.807, 2.05) is 12.1 Å². The van der Waals surface area contributed by atoms with Crippen molar-refractivity contribution in [3.8, 4) is 0 Å². The smallest absolute Gasteiger partial charge is 0.237 e. The molecule has 2 fully saturated rings. The van der Waals surface area contributed by atoms with E-state index >= 15 is 0 Å². The lowest BCUT2D eigenvalue weighted by molar-refractivity contribution is -0.134. The summed E-state index contributed by atoms with van der Waals surface area (Å²) in [5, 5.41) is 8.34. The highest BCUT2D eigenvalue weighted by molar-refractivity contribution is 5.89. The number of ether oxygens (including phenoxy) is 1. The fourth-order valence-electron chi connectivity index (χ4n) is 4.28. The molecule has 2 amide bonds. The highest BCUT2D eigenvalue weighted by Gasteiger charge is 2.32. The fraction of sp³-hybridized carbons (Fsp3) is 0.478. The largest absolute Gasteiger partial charge is 0.381 e. The van der Waals surface area contributed by atoms with Gasteiger partial charge in [0, 0.05) is 39.4 Å². The van der Waals surface area contributed by atoms with E-state index in [2.05, 4.69) is 45.9 Å². The topological polar surface area (TPSA) is 70.7 Å². The van der Waals surface area contributed by atoms with Gasteiger partial charge in [-0.25, -0.2) is 0 Å². The number of piperazine rings is 1. The second-order valence-corrected chi connectivity index (χ2v) is 7.98. The molecule has 2 aliphatic heterocycles. The normalized spacial score (nSPS) is 21.1. The van der Waals surface area contributed by atoms with E-state index < -0.39 is 6.04 Å². The second kappa shape index (κ2) is 9.37. The Kier molecular flexibility index (Phi) is 6.42. The Hall–Kier alpha value is -2.44. The van der Waals surface area contributed by atoms with E-state index in [1.165, 1.54) is 16.3 Å². The Bertz CT molecular complexity index is 858. The van der Waals surface area contributed by atoms with Gasteiger partial charge in [0.05, 0.1) is 12.5 Å². The fourth-order valence-corrected chi connectivity index (χ4v) is 4.28. The maximum Gasteiger partial charge on any atom is 0.237 e. The molecule has 0 spiro atoms. The van der Waals surface area contributed by atoms with Crippen LogP contribution in [0.1, 0.15) is 24.8 Å². The second-order valence-electron chi connectivity index (χ2n) is 7.98. The summed E-state index contributed by atoms with van der Waals surface area (Å²) in [6.07, 6.45) is 2.16. The van der Waals surface area contributed by atoms with Gasteiger partial charge in [0.2, 0.25) is 11.8 Å². The minimum atomic E-state index is -0.433. The minimum absolute atomic E-state index is 0.0542. The number of fused-ring (bicyclic) bond motifs is 1. The summed E-state index contributed by atoms with van der Waals surface area (Å²) >= 11 is 0. The van der Waals surface area contributed by atoms with Crippen LogP contribution in [0.2, 0.25) is 0 Å². The van der Waals surface area contributed by atoms with Gasteiger partial charge in [-0.1, -0.05) is 42.5 Å². The van der Waals surface area contributed by atoms with Gasteiger partial charge in [-0.05, 0) is 35.1 Å². The molecule has 6 nitrogen and oxygen atoms in total. The first-order valence-corrected chi connectivity index (χ1v) is 10.5. The summed E-state index contributed by atoms with van der Waals surface area (Å²) in [5.74, 6) is 0.360. The highest BCUT2D eigenvalue weighted by Crippen LogP contribution is 2.22. The standard InChI is InChI=1S/C23H29N3O3/c27-22(25-15-17-8-12-29-13-9-17)14-21-23(28)24-10-11-26(21)16-19-6-3-5-18-4-1-2-7-20(18)19/h1-7,17,21H,8-16H2,(H,24,28)(H,25,27)/t21-/m1/s1. The van der Waals surface area contributed by atoms with E-state index in [0.29, 0.717) is 25.6 Å². The van der Waals surface area contributed by atoms with Crippen LogP contribution in [0.3, 0.4) is 0 Å². The molecule has 2 aromatic rings. The molecule has 0 bridgehead atoms. The molecule has 4 rings (SSSR count). The predicted molar refractivity (Wildman–Crippen MR) is 112 cm³/mol. The minimum Gasteiger partial charge on any atom is -0.381 e. The molecule has 2 aromatic carbocycles. The van der Waals surface area contributed by atoms with Crippen LogP contribution in [0.25, 0.3) is 10.8 Å². The van der Waals surface area contributed by atoms with Crippen molar-refractivity contribution >= 4 is 22.6 Å². The first-order chi connectivity index (χ1) is 14.2. The molecule has 29 heavy (non-hydrogen) atoms. The summed E-state index contributed by atoms with van der Waals surface area (Å²) in [6.45, 7) is 4.22. The maximum atomic E-state index is 12.6. The molecule has 0 saturated carbocycles. The SMILES string of the molecule is O=C(C[C@@H]1C(=O)NCCN1Cc1cccc2ccccc12)NCC1CCOCC1. The molecule has 0 unspecified atom stereocenters. The van der Waals surface area contributed by atoms with E-state index in [-0.39, 0.29) is 18.2 Å². The van der Waals surface area contributed by atoms with E-state index in [0.717, 1.165) is 32.6 Å². The molecule has 0 aromatic heterocycles. The Labute approximate surface area is 171 Å². The molecule has 2 aliphatic rings. The van der Waals surface area contributed by atoms with Crippen molar-refractivity contribution in [2.75, 3.05) is 32.8 Å². The number of hydrogen-bond donors (Lipinski definition) is 2. The van der Waals surface area contributed by atoms with E-state index in [4.69, 9.17) is 4.74 Å².